The molecule has 0 radical (unpaired) electrons. The maximum Gasteiger partial charge on any atom is 0.108 e. The molecule has 0 aliphatic carbocycles. The third kappa shape index (κ3) is 4.18. The summed E-state index contributed by atoms with van der Waals surface area (Å²) in [5, 5.41) is 3.40. The Labute approximate surface area is 123 Å². The van der Waals surface area contributed by atoms with Gasteiger partial charge in [-0.15, -0.1) is 0 Å². The van der Waals surface area contributed by atoms with Crippen LogP contribution in [0.4, 0.5) is 0 Å². The van der Waals surface area contributed by atoms with Crippen LogP contribution in [0.2, 0.25) is 0 Å². The Morgan fingerprint density at radius 1 is 1.42 bits per heavy atom. The monoisotopic (exact) mass is 321 g/mol. The summed E-state index contributed by atoms with van der Waals surface area (Å²) in [4.78, 5) is 4.37. The van der Waals surface area contributed by atoms with Gasteiger partial charge in [0.15, 0.2) is 0 Å². The number of nitrogens with zero attached hydrogens (tertiary/aromatic N) is 2. The molecule has 2 aromatic rings. The van der Waals surface area contributed by atoms with E-state index in [1.165, 1.54) is 5.56 Å². The molecule has 0 fully saturated rings. The number of imidazole rings is 1. The average molecular weight is 322 g/mol. The van der Waals surface area contributed by atoms with Gasteiger partial charge in [0.05, 0.1) is 0 Å². The normalized spacial score (nSPS) is 12.6. The van der Waals surface area contributed by atoms with Gasteiger partial charge < -0.3 is 9.88 Å². The van der Waals surface area contributed by atoms with Crippen LogP contribution < -0.4 is 5.32 Å². The first-order valence-corrected chi connectivity index (χ1v) is 7.36. The van der Waals surface area contributed by atoms with Gasteiger partial charge in [-0.25, -0.2) is 4.98 Å². The molecule has 1 N–H and O–H groups in total. The molecule has 19 heavy (non-hydrogen) atoms. The van der Waals surface area contributed by atoms with E-state index in [2.05, 4.69) is 55.1 Å². The van der Waals surface area contributed by atoms with Crippen LogP contribution >= 0.6 is 15.9 Å². The van der Waals surface area contributed by atoms with Gasteiger partial charge >= 0.3 is 0 Å². The Kier molecular flexibility index (Phi) is 5.16. The van der Waals surface area contributed by atoms with Crippen LogP contribution in [0.1, 0.15) is 17.8 Å². The minimum absolute atomic E-state index is 0.478. The summed E-state index contributed by atoms with van der Waals surface area (Å²) in [7, 11) is 4.08. The highest BCUT2D eigenvalue weighted by Crippen LogP contribution is 2.14. The highest BCUT2D eigenvalue weighted by atomic mass is 79.9. The zero-order valence-electron chi connectivity index (χ0n) is 11.4. The molecule has 0 aliphatic rings. The summed E-state index contributed by atoms with van der Waals surface area (Å²) in [5.41, 5.74) is 1.36. The lowest BCUT2D eigenvalue weighted by Crippen LogP contribution is -2.28. The molecule has 0 saturated carbocycles. The zero-order chi connectivity index (χ0) is 13.7. The van der Waals surface area contributed by atoms with E-state index in [9.17, 15) is 0 Å². The molecule has 0 bridgehead atoms. The van der Waals surface area contributed by atoms with E-state index in [1.54, 1.807) is 0 Å². The molecular formula is C15H20BrN3. The highest BCUT2D eigenvalue weighted by molar-refractivity contribution is 9.10. The molecule has 2 rings (SSSR count). The number of likely N-dealkylation sites (N-methyl/N-ethyl adjacent to an activating group) is 1. The second-order valence-corrected chi connectivity index (χ2v) is 5.73. The second kappa shape index (κ2) is 6.87. The van der Waals surface area contributed by atoms with Crippen LogP contribution in [0, 0.1) is 0 Å². The molecule has 1 atom stereocenters. The van der Waals surface area contributed by atoms with Crippen molar-refractivity contribution in [2.24, 2.45) is 7.05 Å². The SMILES string of the molecule is CNC(CCc1nccn1C)Cc1cccc(Br)c1. The maximum atomic E-state index is 4.37. The fourth-order valence-corrected chi connectivity index (χ4v) is 2.68. The van der Waals surface area contributed by atoms with Gasteiger partial charge in [-0.2, -0.15) is 0 Å². The van der Waals surface area contributed by atoms with Crippen LogP contribution in [-0.2, 0) is 19.9 Å². The van der Waals surface area contributed by atoms with E-state index in [4.69, 9.17) is 0 Å². The standard InChI is InChI=1S/C15H20BrN3/c1-17-14(6-7-15-18-8-9-19(15)2)11-12-4-3-5-13(16)10-12/h3-5,8-10,14,17H,6-7,11H2,1-2H3. The molecule has 0 saturated heterocycles. The Bertz CT molecular complexity index is 522. The van der Waals surface area contributed by atoms with Crippen molar-refractivity contribution in [3.63, 3.8) is 0 Å². The van der Waals surface area contributed by atoms with Gasteiger partial charge in [-0.3, -0.25) is 0 Å². The molecular weight excluding hydrogens is 302 g/mol. The van der Waals surface area contributed by atoms with Gasteiger partial charge in [0.1, 0.15) is 5.82 Å². The van der Waals surface area contributed by atoms with Crippen LogP contribution in [-0.4, -0.2) is 22.6 Å². The van der Waals surface area contributed by atoms with Crippen LogP contribution in [0.15, 0.2) is 41.1 Å². The predicted molar refractivity (Wildman–Crippen MR) is 82.2 cm³/mol. The van der Waals surface area contributed by atoms with Crippen molar-refractivity contribution in [3.05, 3.63) is 52.5 Å². The smallest absolute Gasteiger partial charge is 0.108 e. The number of benzene rings is 1. The first-order chi connectivity index (χ1) is 9.19. The topological polar surface area (TPSA) is 29.9 Å². The summed E-state index contributed by atoms with van der Waals surface area (Å²) >= 11 is 3.52. The van der Waals surface area contributed by atoms with E-state index in [-0.39, 0.29) is 0 Å². The zero-order valence-corrected chi connectivity index (χ0v) is 13.0. The fourth-order valence-electron chi connectivity index (χ4n) is 2.24. The van der Waals surface area contributed by atoms with E-state index in [0.29, 0.717) is 6.04 Å². The van der Waals surface area contributed by atoms with E-state index in [0.717, 1.165) is 29.6 Å². The number of nitrogens with one attached hydrogen (secondary N) is 1. The predicted octanol–water partition coefficient (Wildman–Crippen LogP) is 2.95. The fraction of sp³-hybridized carbons (Fsp3) is 0.400. The van der Waals surface area contributed by atoms with Gasteiger partial charge in [0, 0.05) is 36.4 Å². The maximum absolute atomic E-state index is 4.37. The molecule has 1 heterocycles. The second-order valence-electron chi connectivity index (χ2n) is 4.81. The van der Waals surface area contributed by atoms with Crippen LogP contribution in [0.3, 0.4) is 0 Å². The molecule has 1 unspecified atom stereocenters. The van der Waals surface area contributed by atoms with Crippen LogP contribution in [0.5, 0.6) is 0 Å². The summed E-state index contributed by atoms with van der Waals surface area (Å²) in [6.07, 6.45) is 6.99. The number of aryl methyl sites for hydroxylation is 2. The average Bonchev–Trinajstić information content (AvgIpc) is 2.80. The van der Waals surface area contributed by atoms with Gasteiger partial charge in [0.25, 0.3) is 0 Å². The van der Waals surface area contributed by atoms with Crippen molar-refractivity contribution >= 4 is 15.9 Å². The van der Waals surface area contributed by atoms with Crippen LogP contribution in [0.25, 0.3) is 0 Å². The van der Waals surface area contributed by atoms with Gasteiger partial charge in [-0.1, -0.05) is 28.1 Å². The number of hydrogen-bond acceptors (Lipinski definition) is 2. The molecule has 4 heteroatoms. The van der Waals surface area contributed by atoms with Crippen molar-refractivity contribution in [1.29, 1.82) is 0 Å². The molecule has 0 amide bonds. The van der Waals surface area contributed by atoms with Crippen molar-refractivity contribution < 1.29 is 0 Å². The molecule has 102 valence electrons. The lowest BCUT2D eigenvalue weighted by molar-refractivity contribution is 0.510. The largest absolute Gasteiger partial charge is 0.338 e. The Morgan fingerprint density at radius 2 is 2.26 bits per heavy atom. The van der Waals surface area contributed by atoms with Crippen molar-refractivity contribution in [2.45, 2.75) is 25.3 Å². The van der Waals surface area contributed by atoms with Gasteiger partial charge in [0.2, 0.25) is 0 Å². The minimum atomic E-state index is 0.478. The molecule has 0 spiro atoms. The van der Waals surface area contributed by atoms with E-state index >= 15 is 0 Å². The summed E-state index contributed by atoms with van der Waals surface area (Å²) in [6, 6.07) is 8.99. The number of halogens is 1. The Balaban J connectivity index is 1.92. The van der Waals surface area contributed by atoms with Crippen molar-refractivity contribution in [1.82, 2.24) is 14.9 Å². The third-order valence-electron chi connectivity index (χ3n) is 3.42. The highest BCUT2D eigenvalue weighted by Gasteiger charge is 2.09. The number of hydrogen-bond donors (Lipinski definition) is 1. The third-order valence-corrected chi connectivity index (χ3v) is 3.91. The number of aromatic nitrogens is 2. The van der Waals surface area contributed by atoms with Crippen molar-refractivity contribution in [2.75, 3.05) is 7.05 Å². The molecule has 1 aromatic carbocycles. The summed E-state index contributed by atoms with van der Waals surface area (Å²) in [6.45, 7) is 0. The molecule has 3 nitrogen and oxygen atoms in total. The lowest BCUT2D eigenvalue weighted by Gasteiger charge is -2.16. The summed E-state index contributed by atoms with van der Waals surface area (Å²) in [5.74, 6) is 1.15. The molecule has 0 aliphatic heterocycles. The lowest BCUT2D eigenvalue weighted by atomic mass is 10.0. The van der Waals surface area contributed by atoms with Crippen molar-refractivity contribution in [3.8, 4) is 0 Å². The minimum Gasteiger partial charge on any atom is -0.338 e. The van der Waals surface area contributed by atoms with E-state index in [1.807, 2.05) is 26.5 Å². The van der Waals surface area contributed by atoms with E-state index < -0.39 is 0 Å². The number of rotatable bonds is 6. The Morgan fingerprint density at radius 3 is 2.89 bits per heavy atom. The molecule has 1 aromatic heterocycles. The quantitative estimate of drug-likeness (QED) is 0.886. The first kappa shape index (κ1) is 14.3. The Hall–Kier alpha value is -1.13. The summed E-state index contributed by atoms with van der Waals surface area (Å²) < 4.78 is 3.23. The van der Waals surface area contributed by atoms with Gasteiger partial charge in [-0.05, 0) is 37.6 Å². The first-order valence-electron chi connectivity index (χ1n) is 6.57.